The van der Waals surface area contributed by atoms with Gasteiger partial charge in [0, 0.05) is 6.54 Å². The number of nitrogens with one attached hydrogen (secondary N) is 1. The molecule has 0 amide bonds. The predicted molar refractivity (Wildman–Crippen MR) is 88.1 cm³/mol. The van der Waals surface area contributed by atoms with Crippen LogP contribution in [0.15, 0.2) is 36.4 Å². The summed E-state index contributed by atoms with van der Waals surface area (Å²) in [5, 5.41) is 3.47. The average molecular weight is 267 g/mol. The Kier molecular flexibility index (Phi) is 4.97. The molecule has 106 valence electrons. The lowest BCUT2D eigenvalue weighted by Crippen LogP contribution is -2.13. The molecule has 0 atom stereocenters. The molecule has 0 bridgehead atoms. The molecule has 1 N–H and O–H groups in total. The molecular weight excluding hydrogens is 242 g/mol. The van der Waals surface area contributed by atoms with Crippen molar-refractivity contribution in [1.29, 1.82) is 0 Å². The summed E-state index contributed by atoms with van der Waals surface area (Å²) in [6.07, 6.45) is 1.18. The van der Waals surface area contributed by atoms with Crippen molar-refractivity contribution in [2.45, 2.75) is 40.7 Å². The molecule has 2 rings (SSSR count). The first kappa shape index (κ1) is 14.8. The molecule has 0 fully saturated rings. The van der Waals surface area contributed by atoms with Crippen molar-refractivity contribution >= 4 is 0 Å². The van der Waals surface area contributed by atoms with Crippen LogP contribution in [0.3, 0.4) is 0 Å². The molecule has 2 aromatic rings. The lowest BCUT2D eigenvalue weighted by molar-refractivity contribution is 0.675. The minimum absolute atomic E-state index is 0.950. The first-order valence-electron chi connectivity index (χ1n) is 7.49. The van der Waals surface area contributed by atoms with Crippen LogP contribution in [-0.2, 0) is 6.54 Å². The van der Waals surface area contributed by atoms with Crippen molar-refractivity contribution in [2.24, 2.45) is 0 Å². The van der Waals surface area contributed by atoms with Gasteiger partial charge in [0.1, 0.15) is 0 Å². The number of benzene rings is 2. The van der Waals surface area contributed by atoms with Crippen molar-refractivity contribution in [2.75, 3.05) is 6.54 Å². The van der Waals surface area contributed by atoms with Gasteiger partial charge < -0.3 is 5.32 Å². The highest BCUT2D eigenvalue weighted by Crippen LogP contribution is 2.27. The molecule has 0 aliphatic rings. The van der Waals surface area contributed by atoms with E-state index in [0.29, 0.717) is 0 Å². The van der Waals surface area contributed by atoms with E-state index in [-0.39, 0.29) is 0 Å². The minimum atomic E-state index is 0.950. The summed E-state index contributed by atoms with van der Waals surface area (Å²) in [6, 6.07) is 13.5. The van der Waals surface area contributed by atoms with Crippen LogP contribution in [0.25, 0.3) is 11.1 Å². The van der Waals surface area contributed by atoms with E-state index in [1.807, 2.05) is 0 Å². The summed E-state index contributed by atoms with van der Waals surface area (Å²) >= 11 is 0. The molecule has 1 heteroatoms. The lowest BCUT2D eigenvalue weighted by Gasteiger charge is -2.12. The molecule has 0 spiro atoms. The van der Waals surface area contributed by atoms with Crippen LogP contribution in [0.2, 0.25) is 0 Å². The Hall–Kier alpha value is -1.60. The second-order valence-corrected chi connectivity index (χ2v) is 5.63. The van der Waals surface area contributed by atoms with Crippen molar-refractivity contribution in [3.05, 3.63) is 58.7 Å². The van der Waals surface area contributed by atoms with E-state index in [4.69, 9.17) is 0 Å². The Balaban J connectivity index is 2.29. The summed E-state index contributed by atoms with van der Waals surface area (Å²) < 4.78 is 0. The lowest BCUT2D eigenvalue weighted by atomic mass is 9.94. The monoisotopic (exact) mass is 267 g/mol. The maximum atomic E-state index is 3.47. The SMILES string of the molecule is CCCNCc1cccc(-c2cc(C)c(C)cc2C)c1. The van der Waals surface area contributed by atoms with E-state index in [0.717, 1.165) is 13.1 Å². The fourth-order valence-electron chi connectivity index (χ4n) is 2.53. The molecule has 0 heterocycles. The highest BCUT2D eigenvalue weighted by molar-refractivity contribution is 5.69. The largest absolute Gasteiger partial charge is 0.313 e. The van der Waals surface area contributed by atoms with Crippen LogP contribution >= 0.6 is 0 Å². The average Bonchev–Trinajstić information content (AvgIpc) is 2.43. The molecule has 0 radical (unpaired) electrons. The molecule has 0 aliphatic heterocycles. The highest BCUT2D eigenvalue weighted by atomic mass is 14.8. The Morgan fingerprint density at radius 1 is 0.900 bits per heavy atom. The van der Waals surface area contributed by atoms with Crippen LogP contribution in [0, 0.1) is 20.8 Å². The van der Waals surface area contributed by atoms with E-state index in [1.165, 1.54) is 39.8 Å². The predicted octanol–water partition coefficient (Wildman–Crippen LogP) is 4.78. The van der Waals surface area contributed by atoms with Crippen LogP contribution in [0.5, 0.6) is 0 Å². The molecular formula is C19H25N. The maximum Gasteiger partial charge on any atom is 0.0205 e. The van der Waals surface area contributed by atoms with E-state index >= 15 is 0 Å². The zero-order valence-corrected chi connectivity index (χ0v) is 13.1. The summed E-state index contributed by atoms with van der Waals surface area (Å²) in [4.78, 5) is 0. The summed E-state index contributed by atoms with van der Waals surface area (Å²) in [5.41, 5.74) is 8.11. The van der Waals surface area contributed by atoms with Crippen molar-refractivity contribution in [3.8, 4) is 11.1 Å². The Morgan fingerprint density at radius 2 is 1.65 bits per heavy atom. The first-order chi connectivity index (χ1) is 9.61. The minimum Gasteiger partial charge on any atom is -0.313 e. The van der Waals surface area contributed by atoms with E-state index in [2.05, 4.69) is 69.4 Å². The number of hydrogen-bond donors (Lipinski definition) is 1. The van der Waals surface area contributed by atoms with E-state index in [9.17, 15) is 0 Å². The van der Waals surface area contributed by atoms with Crippen molar-refractivity contribution in [3.63, 3.8) is 0 Å². The third-order valence-electron chi connectivity index (χ3n) is 3.83. The van der Waals surface area contributed by atoms with Gasteiger partial charge in [-0.1, -0.05) is 37.3 Å². The van der Waals surface area contributed by atoms with Gasteiger partial charge in [0.25, 0.3) is 0 Å². The van der Waals surface area contributed by atoms with E-state index < -0.39 is 0 Å². The number of hydrogen-bond acceptors (Lipinski definition) is 1. The van der Waals surface area contributed by atoms with Crippen LogP contribution in [0.1, 0.15) is 35.6 Å². The van der Waals surface area contributed by atoms with Gasteiger partial charge in [-0.3, -0.25) is 0 Å². The Morgan fingerprint density at radius 3 is 2.40 bits per heavy atom. The Bertz CT molecular complexity index is 584. The van der Waals surface area contributed by atoms with Gasteiger partial charge in [0.2, 0.25) is 0 Å². The van der Waals surface area contributed by atoms with Crippen LogP contribution in [0.4, 0.5) is 0 Å². The highest BCUT2D eigenvalue weighted by Gasteiger charge is 2.05. The molecule has 0 saturated carbocycles. The maximum absolute atomic E-state index is 3.47. The molecule has 1 nitrogen and oxygen atoms in total. The standard InChI is InChI=1S/C19H25N/c1-5-9-20-13-17-7-6-8-18(12-17)19-11-15(3)14(2)10-16(19)4/h6-8,10-12,20H,5,9,13H2,1-4H3. The fourth-order valence-corrected chi connectivity index (χ4v) is 2.53. The van der Waals surface area contributed by atoms with Gasteiger partial charge in [0.15, 0.2) is 0 Å². The van der Waals surface area contributed by atoms with Gasteiger partial charge in [-0.25, -0.2) is 0 Å². The molecule has 0 aliphatic carbocycles. The first-order valence-corrected chi connectivity index (χ1v) is 7.49. The van der Waals surface area contributed by atoms with Gasteiger partial charge in [-0.15, -0.1) is 0 Å². The van der Waals surface area contributed by atoms with Gasteiger partial charge in [-0.2, -0.15) is 0 Å². The molecule has 0 aromatic heterocycles. The number of aryl methyl sites for hydroxylation is 3. The summed E-state index contributed by atoms with van der Waals surface area (Å²) in [7, 11) is 0. The number of rotatable bonds is 5. The van der Waals surface area contributed by atoms with Gasteiger partial charge >= 0.3 is 0 Å². The second-order valence-electron chi connectivity index (χ2n) is 5.63. The van der Waals surface area contributed by atoms with Gasteiger partial charge in [-0.05, 0) is 73.2 Å². The molecule has 0 unspecified atom stereocenters. The smallest absolute Gasteiger partial charge is 0.0205 e. The summed E-state index contributed by atoms with van der Waals surface area (Å²) in [5.74, 6) is 0. The zero-order valence-electron chi connectivity index (χ0n) is 13.1. The zero-order chi connectivity index (χ0) is 14.5. The molecule has 2 aromatic carbocycles. The quantitative estimate of drug-likeness (QED) is 0.769. The van der Waals surface area contributed by atoms with Crippen LogP contribution in [-0.4, -0.2) is 6.54 Å². The topological polar surface area (TPSA) is 12.0 Å². The third kappa shape index (κ3) is 3.49. The van der Waals surface area contributed by atoms with Crippen molar-refractivity contribution < 1.29 is 0 Å². The fraction of sp³-hybridized carbons (Fsp3) is 0.368. The second kappa shape index (κ2) is 6.71. The summed E-state index contributed by atoms with van der Waals surface area (Å²) in [6.45, 7) is 10.8. The molecule has 0 saturated heterocycles. The van der Waals surface area contributed by atoms with Crippen molar-refractivity contribution in [1.82, 2.24) is 5.32 Å². The normalized spacial score (nSPS) is 10.8. The van der Waals surface area contributed by atoms with E-state index in [1.54, 1.807) is 0 Å². The van der Waals surface area contributed by atoms with Gasteiger partial charge in [0.05, 0.1) is 0 Å². The Labute approximate surface area is 123 Å². The van der Waals surface area contributed by atoms with Crippen LogP contribution < -0.4 is 5.32 Å². The third-order valence-corrected chi connectivity index (χ3v) is 3.83. The molecule has 20 heavy (non-hydrogen) atoms.